The van der Waals surface area contributed by atoms with Crippen molar-refractivity contribution in [2.45, 2.75) is 193 Å². The van der Waals surface area contributed by atoms with Gasteiger partial charge in [0.25, 0.3) is 20.2 Å². The zero-order valence-corrected chi connectivity index (χ0v) is 43.6. The molecule has 0 saturated heterocycles. The zero-order valence-electron chi connectivity index (χ0n) is 42.0. The average molecular weight is 997 g/mol. The Bertz CT molecular complexity index is 1960. The maximum atomic E-state index is 12.9. The van der Waals surface area contributed by atoms with Crippen LogP contribution >= 0.6 is 0 Å². The summed E-state index contributed by atoms with van der Waals surface area (Å²) in [5.74, 6) is 1.92. The molecule has 8 rings (SSSR count). The zero-order chi connectivity index (χ0) is 49.6. The number of hydrogen-bond acceptors (Lipinski definition) is 10. The van der Waals surface area contributed by atoms with Crippen molar-refractivity contribution in [1.82, 2.24) is 10.6 Å². The first-order valence-corrected chi connectivity index (χ1v) is 30.0. The monoisotopic (exact) mass is 997 g/mol. The maximum Gasteiger partial charge on any atom is 0.266 e. The van der Waals surface area contributed by atoms with E-state index in [0.717, 1.165) is 64.2 Å². The third kappa shape index (κ3) is 9.53. The van der Waals surface area contributed by atoms with Gasteiger partial charge < -0.3 is 31.1 Å². The Balaban J connectivity index is 0.882. The highest BCUT2D eigenvalue weighted by molar-refractivity contribution is 7.86. The van der Waals surface area contributed by atoms with Crippen LogP contribution in [0.25, 0.3) is 0 Å². The summed E-state index contributed by atoms with van der Waals surface area (Å²) in [4.78, 5) is 25.1. The van der Waals surface area contributed by atoms with Crippen molar-refractivity contribution >= 4 is 32.1 Å². The van der Waals surface area contributed by atoms with Gasteiger partial charge in [0.1, 0.15) is 0 Å². The highest BCUT2D eigenvalue weighted by Gasteiger charge is 2.69. The fourth-order valence-corrected chi connectivity index (χ4v) is 19.9. The quantitative estimate of drug-likeness (QED) is 0.0815. The van der Waals surface area contributed by atoms with Gasteiger partial charge in [0.2, 0.25) is 11.8 Å². The fraction of sp³-hybridized carbons (Fsp3) is 0.962. The molecule has 0 heterocycles. The van der Waals surface area contributed by atoms with Crippen molar-refractivity contribution in [2.75, 3.05) is 24.6 Å². The highest BCUT2D eigenvalue weighted by Crippen LogP contribution is 2.72. The van der Waals surface area contributed by atoms with Gasteiger partial charge in [-0.1, -0.05) is 41.5 Å². The first-order valence-electron chi connectivity index (χ1n) is 26.8. The molecule has 8 N–H and O–H groups in total. The van der Waals surface area contributed by atoms with E-state index in [1.165, 1.54) is 0 Å². The highest BCUT2D eigenvalue weighted by atomic mass is 32.2. The van der Waals surface area contributed by atoms with Gasteiger partial charge in [0, 0.05) is 25.9 Å². The summed E-state index contributed by atoms with van der Waals surface area (Å²) in [6.45, 7) is 13.9. The molecule has 68 heavy (non-hydrogen) atoms. The molecule has 8 fully saturated rings. The van der Waals surface area contributed by atoms with Crippen molar-refractivity contribution in [2.24, 2.45) is 92.7 Å². The van der Waals surface area contributed by atoms with E-state index in [1.807, 2.05) is 0 Å². The standard InChI is InChI=1S/C52H88N2O12S2/c1-31(7-13-43(57)53-23-25-67(61,62)63)35-9-11-37-45-39(15-17-49(35,37)5)47(3)19-21-51(59,29-33(47)27-41(45)55)52(60)22-20-48(4)34(30-52)28-42(56)46-38-12-10-36(50(38,6)18-16-40(46)48)32(2)8-14-44(58)54-24-26-68(64,65)66/h31-42,45-46,55-56,59-60H,7-30H2,1-6H3,(H,53,57)(H,54,58)(H,61,62,63)(H,64,65,66)/t31-,32-,33?,34?,35-,36-,37-,38-,39-,40-,41+,42+,45?,46?,47+,48+,49-,50-,51?,52?/m1/s1. The van der Waals surface area contributed by atoms with E-state index in [1.54, 1.807) is 0 Å². The molecule has 390 valence electrons. The molecule has 0 bridgehead atoms. The molecule has 8 aliphatic rings. The fourth-order valence-electron chi connectivity index (χ4n) is 19.2. The van der Waals surface area contributed by atoms with Crippen LogP contribution in [-0.2, 0) is 29.8 Å². The minimum atomic E-state index is -4.13. The van der Waals surface area contributed by atoms with Gasteiger partial charge in [0.15, 0.2) is 0 Å². The Morgan fingerprint density at radius 3 is 1.25 bits per heavy atom. The van der Waals surface area contributed by atoms with Crippen LogP contribution in [0.5, 0.6) is 0 Å². The molecule has 14 nitrogen and oxygen atoms in total. The summed E-state index contributed by atoms with van der Waals surface area (Å²) in [6, 6.07) is 0. The lowest BCUT2D eigenvalue weighted by Gasteiger charge is -2.67. The predicted molar refractivity (Wildman–Crippen MR) is 259 cm³/mol. The van der Waals surface area contributed by atoms with E-state index in [2.05, 4.69) is 52.2 Å². The minimum absolute atomic E-state index is 0.0442. The molecule has 6 unspecified atom stereocenters. The van der Waals surface area contributed by atoms with Crippen LogP contribution in [0.15, 0.2) is 0 Å². The summed E-state index contributed by atoms with van der Waals surface area (Å²) in [6.07, 6.45) is 14.3. The Morgan fingerprint density at radius 1 is 0.544 bits per heavy atom. The summed E-state index contributed by atoms with van der Waals surface area (Å²) < 4.78 is 62.4. The third-order valence-electron chi connectivity index (χ3n) is 22.9. The van der Waals surface area contributed by atoms with Crippen molar-refractivity contribution in [3.05, 3.63) is 0 Å². The number of carbonyl (C=O) groups is 2. The number of aliphatic hydroxyl groups excluding tert-OH is 2. The van der Waals surface area contributed by atoms with Crippen molar-refractivity contribution in [3.8, 4) is 0 Å². The van der Waals surface area contributed by atoms with Crippen LogP contribution in [0.2, 0.25) is 0 Å². The van der Waals surface area contributed by atoms with Gasteiger partial charge in [-0.25, -0.2) is 0 Å². The smallest absolute Gasteiger partial charge is 0.266 e. The lowest BCUT2D eigenvalue weighted by atomic mass is 9.40. The topological polar surface area (TPSA) is 248 Å². The molecular formula is C52H88N2O12S2. The molecule has 2 amide bonds. The first kappa shape index (κ1) is 52.9. The number of fused-ring (bicyclic) bond motifs is 10. The van der Waals surface area contributed by atoms with Gasteiger partial charge in [-0.3, -0.25) is 18.7 Å². The van der Waals surface area contributed by atoms with E-state index in [0.29, 0.717) is 99.7 Å². The molecule has 8 saturated carbocycles. The maximum absolute atomic E-state index is 12.9. The molecule has 0 aromatic rings. The van der Waals surface area contributed by atoms with Crippen LogP contribution < -0.4 is 10.6 Å². The SMILES string of the molecule is C[C@H](CCC(=O)NCCS(=O)(=O)O)[C@H]1CC[C@@H]2C3[C@@H](CC[C@@]21C)[C@@]1(C)CCC(O)(C2(O)CC[C@@]4(C)C(C[C@H](O)C5[C@H]6CC[C@H]([C@H](C)CCC(=O)NCCS(=O)(=O)O)[C@@]6(C)CC[C@H]54)C2)CC1C[C@@H]3O. The van der Waals surface area contributed by atoms with Crippen molar-refractivity contribution in [1.29, 1.82) is 0 Å². The van der Waals surface area contributed by atoms with Crippen molar-refractivity contribution < 1.29 is 56.0 Å². The van der Waals surface area contributed by atoms with E-state index in [9.17, 15) is 46.9 Å². The number of amides is 2. The Labute approximate surface area is 407 Å². The summed E-state index contributed by atoms with van der Waals surface area (Å²) in [5, 5.41) is 55.5. The molecule has 0 aliphatic heterocycles. The number of carbonyl (C=O) groups excluding carboxylic acids is 2. The average Bonchev–Trinajstić information content (AvgIpc) is 3.79. The molecular weight excluding hydrogens is 909 g/mol. The van der Waals surface area contributed by atoms with Gasteiger partial charge in [-0.15, -0.1) is 0 Å². The number of hydrogen-bond donors (Lipinski definition) is 8. The van der Waals surface area contributed by atoms with Crippen molar-refractivity contribution in [3.63, 3.8) is 0 Å². The van der Waals surface area contributed by atoms with Gasteiger partial charge in [0.05, 0.1) is 34.9 Å². The second-order valence-electron chi connectivity index (χ2n) is 25.8. The predicted octanol–water partition coefficient (Wildman–Crippen LogP) is 6.55. The van der Waals surface area contributed by atoms with E-state index in [4.69, 9.17) is 9.11 Å². The molecule has 0 radical (unpaired) electrons. The van der Waals surface area contributed by atoms with Crippen LogP contribution in [-0.4, -0.2) is 106 Å². The second kappa shape index (κ2) is 18.8. The lowest BCUT2D eigenvalue weighted by molar-refractivity contribution is -0.260. The molecule has 16 heteroatoms. The van der Waals surface area contributed by atoms with Crippen LogP contribution in [0, 0.1) is 92.7 Å². The van der Waals surface area contributed by atoms with E-state index >= 15 is 0 Å². The summed E-state index contributed by atoms with van der Waals surface area (Å²) in [5.41, 5.74) is -2.56. The van der Waals surface area contributed by atoms with E-state index < -0.39 is 55.2 Å². The Morgan fingerprint density at radius 2 is 0.897 bits per heavy atom. The number of nitrogens with one attached hydrogen (secondary N) is 2. The molecule has 0 aromatic heterocycles. The second-order valence-corrected chi connectivity index (χ2v) is 29.0. The van der Waals surface area contributed by atoms with Gasteiger partial charge in [-0.2, -0.15) is 16.8 Å². The minimum Gasteiger partial charge on any atom is -0.393 e. The first-order chi connectivity index (χ1) is 31.6. The van der Waals surface area contributed by atoms with Crippen LogP contribution in [0.4, 0.5) is 0 Å². The number of rotatable bonds is 15. The van der Waals surface area contributed by atoms with E-state index in [-0.39, 0.29) is 82.1 Å². The largest absolute Gasteiger partial charge is 0.393 e. The summed E-state index contributed by atoms with van der Waals surface area (Å²) in [7, 11) is -8.27. The molecule has 0 spiro atoms. The Hall–Kier alpha value is -1.40. The normalized spacial score (nSPS) is 47.5. The van der Waals surface area contributed by atoms with Gasteiger partial charge in [-0.05, 0) is 208 Å². The third-order valence-corrected chi connectivity index (χ3v) is 24.3. The van der Waals surface area contributed by atoms with Gasteiger partial charge >= 0.3 is 0 Å². The Kier molecular flexibility index (Phi) is 14.6. The number of aliphatic hydroxyl groups is 4. The summed E-state index contributed by atoms with van der Waals surface area (Å²) >= 11 is 0. The lowest BCUT2D eigenvalue weighted by Crippen LogP contribution is -2.67. The van der Waals surface area contributed by atoms with Crippen LogP contribution in [0.1, 0.15) is 170 Å². The molecule has 0 aromatic carbocycles. The van der Waals surface area contributed by atoms with Crippen LogP contribution in [0.3, 0.4) is 0 Å². The molecule has 8 aliphatic carbocycles. The molecule has 20 atom stereocenters.